The summed E-state index contributed by atoms with van der Waals surface area (Å²) in [4.78, 5) is 83.5. The molecule has 0 radical (unpaired) electrons. The summed E-state index contributed by atoms with van der Waals surface area (Å²) >= 11 is 0. The van der Waals surface area contributed by atoms with E-state index in [1.54, 1.807) is 64.6 Å². The smallest absolute Gasteiger partial charge is 0.354 e. The van der Waals surface area contributed by atoms with Crippen molar-refractivity contribution >= 4 is 11.8 Å². The van der Waals surface area contributed by atoms with E-state index in [9.17, 15) is 19.2 Å². The molecular formula is C41H53N13O5. The minimum atomic E-state index is -1.11. The number of carboxylic acid groups (broad SMARTS) is 1. The van der Waals surface area contributed by atoms with Crippen LogP contribution in [-0.2, 0) is 0 Å². The third kappa shape index (κ3) is 12.5. The summed E-state index contributed by atoms with van der Waals surface area (Å²) in [5.41, 5.74) is 8.52. The third-order valence-electron chi connectivity index (χ3n) is 8.70. The molecule has 312 valence electrons. The van der Waals surface area contributed by atoms with Crippen LogP contribution in [0, 0.1) is 0 Å². The number of aromatic nitrogens is 10. The lowest BCUT2D eigenvalue weighted by Gasteiger charge is -2.13. The average molecular weight is 808 g/mol. The van der Waals surface area contributed by atoms with Crippen LogP contribution in [0.3, 0.4) is 0 Å². The minimum absolute atomic E-state index is 0.0143. The molecule has 0 aliphatic heterocycles. The summed E-state index contributed by atoms with van der Waals surface area (Å²) in [5, 5.41) is 8.96. The van der Waals surface area contributed by atoms with Crippen LogP contribution in [0.5, 0.6) is 0 Å². The van der Waals surface area contributed by atoms with Gasteiger partial charge in [-0.2, -0.15) is 0 Å². The van der Waals surface area contributed by atoms with E-state index in [2.05, 4.69) is 44.8 Å². The quantitative estimate of drug-likeness (QED) is 0.114. The first-order valence-electron chi connectivity index (χ1n) is 19.0. The fourth-order valence-electron chi connectivity index (χ4n) is 5.77. The fourth-order valence-corrected chi connectivity index (χ4v) is 5.77. The number of pyridine rings is 2. The van der Waals surface area contributed by atoms with Crippen molar-refractivity contribution < 1.29 is 14.7 Å². The van der Waals surface area contributed by atoms with E-state index in [-0.39, 0.29) is 34.4 Å². The molecule has 0 bridgehead atoms. The first-order chi connectivity index (χ1) is 28.1. The van der Waals surface area contributed by atoms with Crippen molar-refractivity contribution in [2.24, 2.45) is 5.73 Å². The maximum Gasteiger partial charge on any atom is 0.354 e. The van der Waals surface area contributed by atoms with E-state index in [0.717, 1.165) is 26.1 Å². The van der Waals surface area contributed by atoms with E-state index >= 15 is 0 Å². The van der Waals surface area contributed by atoms with Gasteiger partial charge in [-0.05, 0) is 77.3 Å². The average Bonchev–Trinajstić information content (AvgIpc) is 3.94. The Morgan fingerprint density at radius 3 is 1.51 bits per heavy atom. The van der Waals surface area contributed by atoms with Crippen molar-refractivity contribution in [3.8, 4) is 34.4 Å². The summed E-state index contributed by atoms with van der Waals surface area (Å²) in [7, 11) is 7.98. The lowest BCUT2D eigenvalue weighted by molar-refractivity contribution is 0.0690. The van der Waals surface area contributed by atoms with E-state index in [1.807, 2.05) is 60.8 Å². The molecule has 18 nitrogen and oxygen atoms in total. The standard InChI is InChI=1S/C21H26N6O2.C16H15N5O3.C4H12N2/c1-14(2)18-19(24-21(25-20(18)29)27-11-9-22-13-27)15-7-8-16(23-12-15)17(28)6-5-10-26(3)4;1-9(2)12-13(10-3-4-11(15(23)24)18-7-10)19-16(20-14(12)22)21-6-5-17-8-21;1-6(2)4-3-5/h7-9,11-14H,5-6,10H2,1-4H3,(H,24,25,29);3-9H,1-2H3,(H,23,24)(H,19,20,22);3-5H2,1-2H3. The zero-order valence-corrected chi connectivity index (χ0v) is 34.7. The molecule has 0 atom stereocenters. The van der Waals surface area contributed by atoms with Crippen molar-refractivity contribution in [3.05, 3.63) is 117 Å². The highest BCUT2D eigenvalue weighted by molar-refractivity contribution is 5.94. The molecule has 0 unspecified atom stereocenters. The Morgan fingerprint density at radius 2 is 1.19 bits per heavy atom. The predicted molar refractivity (Wildman–Crippen MR) is 225 cm³/mol. The molecule has 0 spiro atoms. The SMILES string of the molecule is CC(C)c1c(-c2ccc(C(=O)CCCN(C)C)nc2)nc(-n2ccnc2)[nH]c1=O.CC(C)c1c(-c2ccc(C(=O)O)nc2)nc(-n2ccnc2)[nH]c1=O.CN(C)CCN. The van der Waals surface area contributed by atoms with Gasteiger partial charge in [0.05, 0.1) is 11.4 Å². The topological polar surface area (TPSA) is 240 Å². The number of nitrogens with one attached hydrogen (secondary N) is 2. The van der Waals surface area contributed by atoms with Gasteiger partial charge in [0.1, 0.15) is 24.0 Å². The van der Waals surface area contributed by atoms with Crippen LogP contribution in [0.4, 0.5) is 0 Å². The fraction of sp³-hybridized carbons (Fsp3) is 0.366. The van der Waals surface area contributed by atoms with Gasteiger partial charge in [-0.1, -0.05) is 27.7 Å². The molecule has 59 heavy (non-hydrogen) atoms. The largest absolute Gasteiger partial charge is 0.477 e. The Kier molecular flexibility index (Phi) is 16.3. The summed E-state index contributed by atoms with van der Waals surface area (Å²) in [6.07, 6.45) is 14.0. The number of rotatable bonds is 14. The second-order valence-electron chi connectivity index (χ2n) is 14.6. The maximum absolute atomic E-state index is 12.7. The summed E-state index contributed by atoms with van der Waals surface area (Å²) in [6, 6.07) is 6.50. The molecule has 0 fully saturated rings. The van der Waals surface area contributed by atoms with Crippen LogP contribution in [0.15, 0.2) is 83.7 Å². The zero-order chi connectivity index (χ0) is 43.2. The Hall–Kier alpha value is -6.50. The van der Waals surface area contributed by atoms with Crippen molar-refractivity contribution in [2.45, 2.75) is 52.4 Å². The van der Waals surface area contributed by atoms with Crippen molar-refractivity contribution in [3.63, 3.8) is 0 Å². The second kappa shape index (κ2) is 21.3. The monoisotopic (exact) mass is 807 g/mol. The van der Waals surface area contributed by atoms with Gasteiger partial charge in [-0.25, -0.2) is 29.7 Å². The Labute approximate surface area is 342 Å². The molecule has 6 aromatic heterocycles. The van der Waals surface area contributed by atoms with E-state index < -0.39 is 5.97 Å². The Balaban J connectivity index is 0.000000232. The number of H-pyrrole nitrogens is 2. The highest BCUT2D eigenvalue weighted by Gasteiger charge is 2.20. The lowest BCUT2D eigenvalue weighted by atomic mass is 9.99. The lowest BCUT2D eigenvalue weighted by Crippen LogP contribution is -2.20. The van der Waals surface area contributed by atoms with Gasteiger partial charge in [0.15, 0.2) is 5.78 Å². The molecule has 6 rings (SSSR count). The molecule has 6 aromatic rings. The summed E-state index contributed by atoms with van der Waals surface area (Å²) in [5.74, 6) is -0.461. The van der Waals surface area contributed by atoms with Crippen LogP contribution in [0.25, 0.3) is 34.4 Å². The molecular weight excluding hydrogens is 755 g/mol. The van der Waals surface area contributed by atoms with Crippen molar-refractivity contribution in [1.29, 1.82) is 0 Å². The second-order valence-corrected chi connectivity index (χ2v) is 14.6. The molecule has 0 saturated carbocycles. The number of Topliss-reactive ketones (excluding diaryl/α,β-unsaturated/α-hetero) is 1. The van der Waals surface area contributed by atoms with Crippen molar-refractivity contribution in [2.75, 3.05) is 47.8 Å². The molecule has 6 heterocycles. The molecule has 0 amide bonds. The molecule has 18 heteroatoms. The third-order valence-corrected chi connectivity index (χ3v) is 8.70. The minimum Gasteiger partial charge on any atom is -0.477 e. The number of carbonyl (C=O) groups is 2. The van der Waals surface area contributed by atoms with Gasteiger partial charge >= 0.3 is 5.97 Å². The number of likely N-dealkylation sites (N-methyl/N-ethyl adjacent to an activating group) is 1. The molecule has 5 N–H and O–H groups in total. The van der Waals surface area contributed by atoms with Crippen LogP contribution < -0.4 is 16.9 Å². The number of ketones is 1. The van der Waals surface area contributed by atoms with E-state index in [4.69, 9.17) is 10.8 Å². The number of aromatic carboxylic acids is 1. The number of nitrogens with zero attached hydrogens (tertiary/aromatic N) is 10. The predicted octanol–water partition coefficient (Wildman–Crippen LogP) is 4.01. The van der Waals surface area contributed by atoms with Gasteiger partial charge in [0.25, 0.3) is 11.1 Å². The maximum atomic E-state index is 12.7. The van der Waals surface area contributed by atoms with Gasteiger partial charge in [0, 0.05) is 78.9 Å². The Morgan fingerprint density at radius 1 is 0.729 bits per heavy atom. The van der Waals surface area contributed by atoms with E-state index in [1.165, 1.54) is 18.6 Å². The molecule has 0 aliphatic carbocycles. The summed E-state index contributed by atoms with van der Waals surface area (Å²) in [6.45, 7) is 10.3. The highest BCUT2D eigenvalue weighted by atomic mass is 16.4. The zero-order valence-electron chi connectivity index (χ0n) is 34.7. The van der Waals surface area contributed by atoms with Crippen LogP contribution in [-0.4, -0.2) is 123 Å². The number of carboxylic acids is 1. The number of nitrogens with two attached hydrogens (primary N) is 1. The highest BCUT2D eigenvalue weighted by Crippen LogP contribution is 2.26. The van der Waals surface area contributed by atoms with Gasteiger partial charge in [-0.3, -0.25) is 38.5 Å². The molecule has 0 saturated heterocycles. The number of hydrogen-bond donors (Lipinski definition) is 4. The van der Waals surface area contributed by atoms with Gasteiger partial charge in [0.2, 0.25) is 11.9 Å². The van der Waals surface area contributed by atoms with Crippen LogP contribution in [0.2, 0.25) is 0 Å². The van der Waals surface area contributed by atoms with Crippen LogP contribution in [0.1, 0.15) is 84.5 Å². The number of aromatic amines is 2. The van der Waals surface area contributed by atoms with E-state index in [0.29, 0.717) is 57.7 Å². The number of hydrogen-bond acceptors (Lipinski definition) is 13. The first-order valence-corrected chi connectivity index (χ1v) is 19.0. The van der Waals surface area contributed by atoms with Crippen molar-refractivity contribution in [1.82, 2.24) is 58.8 Å². The van der Waals surface area contributed by atoms with Gasteiger partial charge < -0.3 is 20.6 Å². The normalized spacial score (nSPS) is 11.1. The van der Waals surface area contributed by atoms with Crippen LogP contribution >= 0.6 is 0 Å². The van der Waals surface area contributed by atoms with Gasteiger partial charge in [-0.15, -0.1) is 0 Å². The summed E-state index contributed by atoms with van der Waals surface area (Å²) < 4.78 is 3.24. The molecule has 0 aliphatic rings. The number of carbonyl (C=O) groups excluding carboxylic acids is 1. The first kappa shape index (κ1) is 45.2. The Bertz CT molecular complexity index is 2370. The number of imidazole rings is 2. The molecule has 0 aromatic carbocycles.